The van der Waals surface area contributed by atoms with Crippen LogP contribution in [0.3, 0.4) is 0 Å². The van der Waals surface area contributed by atoms with Gasteiger partial charge in [0, 0.05) is 19.8 Å². The topological polar surface area (TPSA) is 44.5 Å². The van der Waals surface area contributed by atoms with Crippen molar-refractivity contribution >= 4 is 0 Å². The van der Waals surface area contributed by atoms with Crippen molar-refractivity contribution in [1.29, 1.82) is 0 Å². The van der Waals surface area contributed by atoms with E-state index in [0.29, 0.717) is 13.2 Å². The second kappa shape index (κ2) is 14.9. The molecule has 0 bridgehead atoms. The molecule has 110 valence electrons. The van der Waals surface area contributed by atoms with E-state index in [1.165, 1.54) is 38.5 Å². The third-order valence-corrected chi connectivity index (χ3v) is 3.06. The predicted octanol–water partition coefficient (Wildman–Crippen LogP) is 3.51. The van der Waals surface area contributed by atoms with Gasteiger partial charge in [-0.15, -0.1) is 0 Å². The Hall–Kier alpha value is -0.120. The second-order valence-electron chi connectivity index (χ2n) is 4.92. The molecule has 0 radical (unpaired) electrons. The number of unbranched alkanes of at least 4 members (excludes halogenated alkanes) is 6. The lowest BCUT2D eigenvalue weighted by Crippen LogP contribution is -2.29. The molecule has 0 aliphatic heterocycles. The van der Waals surface area contributed by atoms with Crippen LogP contribution in [0.25, 0.3) is 0 Å². The van der Waals surface area contributed by atoms with Crippen molar-refractivity contribution < 1.29 is 9.47 Å². The van der Waals surface area contributed by atoms with Gasteiger partial charge in [-0.2, -0.15) is 0 Å². The number of hydrogen-bond donors (Lipinski definition) is 1. The summed E-state index contributed by atoms with van der Waals surface area (Å²) in [6, 6.07) is 0. The molecule has 0 aromatic carbocycles. The van der Waals surface area contributed by atoms with Gasteiger partial charge in [-0.05, 0) is 12.8 Å². The van der Waals surface area contributed by atoms with Gasteiger partial charge in [-0.3, -0.25) is 0 Å². The molecule has 0 unspecified atom stereocenters. The summed E-state index contributed by atoms with van der Waals surface area (Å²) in [7, 11) is 0. The van der Waals surface area contributed by atoms with E-state index < -0.39 is 0 Å². The summed E-state index contributed by atoms with van der Waals surface area (Å²) in [6.07, 6.45) is 10.0. The average Bonchev–Trinajstić information content (AvgIpc) is 2.40. The molecule has 0 aromatic heterocycles. The number of hydrogen-bond acceptors (Lipinski definition) is 3. The maximum atomic E-state index is 5.72. The fourth-order valence-corrected chi connectivity index (χ4v) is 1.81. The fourth-order valence-electron chi connectivity index (χ4n) is 1.81. The monoisotopic (exact) mass is 259 g/mol. The maximum absolute atomic E-state index is 5.72. The summed E-state index contributed by atoms with van der Waals surface area (Å²) < 4.78 is 11.3. The van der Waals surface area contributed by atoms with Crippen LogP contribution in [0, 0.1) is 0 Å². The molecule has 0 heterocycles. The van der Waals surface area contributed by atoms with Crippen molar-refractivity contribution in [3.8, 4) is 0 Å². The molecule has 2 N–H and O–H groups in total. The molecule has 18 heavy (non-hydrogen) atoms. The summed E-state index contributed by atoms with van der Waals surface area (Å²) >= 11 is 0. The first-order valence-electron chi connectivity index (χ1n) is 7.74. The maximum Gasteiger partial charge on any atom is 0.0930 e. The minimum absolute atomic E-state index is 0.0813. The zero-order valence-corrected chi connectivity index (χ0v) is 12.5. The fraction of sp³-hybridized carbons (Fsp3) is 1.00. The molecule has 3 heteroatoms. The number of ether oxygens (including phenoxy) is 2. The van der Waals surface area contributed by atoms with Crippen LogP contribution in [-0.4, -0.2) is 32.5 Å². The lowest BCUT2D eigenvalue weighted by Gasteiger charge is -2.16. The third-order valence-electron chi connectivity index (χ3n) is 3.06. The first kappa shape index (κ1) is 17.9. The van der Waals surface area contributed by atoms with Crippen LogP contribution in [-0.2, 0) is 9.47 Å². The molecule has 0 aromatic rings. The average molecular weight is 259 g/mol. The van der Waals surface area contributed by atoms with E-state index in [2.05, 4.69) is 13.8 Å². The Kier molecular flexibility index (Phi) is 14.8. The molecule has 0 spiro atoms. The molecule has 1 atom stereocenters. The SMILES string of the molecule is CCCCCCOC[C@H](CN)OCCCCCC. The zero-order chi connectivity index (χ0) is 13.5. The lowest BCUT2D eigenvalue weighted by atomic mass is 10.2. The second-order valence-corrected chi connectivity index (χ2v) is 4.92. The first-order chi connectivity index (χ1) is 8.85. The molecular formula is C15H33NO2. The Balaban J connectivity index is 3.29. The largest absolute Gasteiger partial charge is 0.379 e. The van der Waals surface area contributed by atoms with Gasteiger partial charge in [0.05, 0.1) is 12.7 Å². The van der Waals surface area contributed by atoms with E-state index in [0.717, 1.165) is 26.1 Å². The summed E-state index contributed by atoms with van der Waals surface area (Å²) in [6.45, 7) is 7.31. The van der Waals surface area contributed by atoms with Gasteiger partial charge in [-0.1, -0.05) is 52.4 Å². The zero-order valence-electron chi connectivity index (χ0n) is 12.5. The highest BCUT2D eigenvalue weighted by molar-refractivity contribution is 4.57. The van der Waals surface area contributed by atoms with Gasteiger partial charge < -0.3 is 15.2 Å². The molecule has 0 amide bonds. The van der Waals surface area contributed by atoms with Gasteiger partial charge in [0.15, 0.2) is 0 Å². The van der Waals surface area contributed by atoms with E-state index in [9.17, 15) is 0 Å². The molecule has 0 saturated heterocycles. The Labute approximate surface area is 113 Å². The van der Waals surface area contributed by atoms with E-state index in [1.54, 1.807) is 0 Å². The van der Waals surface area contributed by atoms with Crippen LogP contribution in [0.2, 0.25) is 0 Å². The van der Waals surface area contributed by atoms with Crippen LogP contribution < -0.4 is 5.73 Å². The van der Waals surface area contributed by atoms with Gasteiger partial charge in [0.1, 0.15) is 0 Å². The Morgan fingerprint density at radius 2 is 1.44 bits per heavy atom. The highest BCUT2D eigenvalue weighted by atomic mass is 16.5. The van der Waals surface area contributed by atoms with Crippen LogP contribution in [0.5, 0.6) is 0 Å². The van der Waals surface area contributed by atoms with E-state index >= 15 is 0 Å². The van der Waals surface area contributed by atoms with Crippen molar-refractivity contribution in [3.63, 3.8) is 0 Å². The minimum Gasteiger partial charge on any atom is -0.379 e. The molecule has 0 saturated carbocycles. The van der Waals surface area contributed by atoms with Gasteiger partial charge in [0.25, 0.3) is 0 Å². The van der Waals surface area contributed by atoms with Crippen molar-refractivity contribution in [2.45, 2.75) is 71.3 Å². The highest BCUT2D eigenvalue weighted by Gasteiger charge is 2.06. The highest BCUT2D eigenvalue weighted by Crippen LogP contribution is 2.02. The Morgan fingerprint density at radius 3 is 2.00 bits per heavy atom. The molecule has 0 aliphatic rings. The van der Waals surface area contributed by atoms with Crippen molar-refractivity contribution in [2.24, 2.45) is 5.73 Å². The van der Waals surface area contributed by atoms with E-state index in [-0.39, 0.29) is 6.10 Å². The molecular weight excluding hydrogens is 226 g/mol. The van der Waals surface area contributed by atoms with Gasteiger partial charge >= 0.3 is 0 Å². The Bertz CT molecular complexity index is 153. The van der Waals surface area contributed by atoms with Gasteiger partial charge in [0.2, 0.25) is 0 Å². The predicted molar refractivity (Wildman–Crippen MR) is 77.9 cm³/mol. The molecule has 3 nitrogen and oxygen atoms in total. The van der Waals surface area contributed by atoms with Crippen molar-refractivity contribution in [3.05, 3.63) is 0 Å². The summed E-state index contributed by atoms with van der Waals surface area (Å²) in [5.74, 6) is 0. The van der Waals surface area contributed by atoms with Crippen LogP contribution >= 0.6 is 0 Å². The quantitative estimate of drug-likeness (QED) is 0.486. The number of nitrogens with two attached hydrogens (primary N) is 1. The molecule has 0 rings (SSSR count). The summed E-state index contributed by atoms with van der Waals surface area (Å²) in [4.78, 5) is 0. The van der Waals surface area contributed by atoms with Crippen molar-refractivity contribution in [2.75, 3.05) is 26.4 Å². The number of rotatable bonds is 14. The van der Waals surface area contributed by atoms with E-state index in [1.807, 2.05) is 0 Å². The van der Waals surface area contributed by atoms with Crippen molar-refractivity contribution in [1.82, 2.24) is 0 Å². The van der Waals surface area contributed by atoms with Gasteiger partial charge in [-0.25, -0.2) is 0 Å². The molecule has 0 fully saturated rings. The summed E-state index contributed by atoms with van der Waals surface area (Å²) in [5.41, 5.74) is 5.67. The first-order valence-corrected chi connectivity index (χ1v) is 7.74. The van der Waals surface area contributed by atoms with Crippen LogP contribution in [0.4, 0.5) is 0 Å². The van der Waals surface area contributed by atoms with E-state index in [4.69, 9.17) is 15.2 Å². The molecule has 0 aliphatic carbocycles. The Morgan fingerprint density at radius 1 is 0.833 bits per heavy atom. The normalized spacial score (nSPS) is 12.8. The van der Waals surface area contributed by atoms with Crippen LogP contribution in [0.1, 0.15) is 65.2 Å². The van der Waals surface area contributed by atoms with Crippen LogP contribution in [0.15, 0.2) is 0 Å². The smallest absolute Gasteiger partial charge is 0.0930 e. The minimum atomic E-state index is 0.0813. The third kappa shape index (κ3) is 12.3. The summed E-state index contributed by atoms with van der Waals surface area (Å²) in [5, 5.41) is 0. The standard InChI is InChI=1S/C15H33NO2/c1-3-5-7-9-11-17-14-15(13-16)18-12-10-8-6-4-2/h15H,3-14,16H2,1-2H3/t15-/m0/s1. The lowest BCUT2D eigenvalue weighted by molar-refractivity contribution is -0.0135.